The van der Waals surface area contributed by atoms with Crippen molar-refractivity contribution >= 4 is 0 Å². The molecule has 0 rings (SSSR count). The second-order valence-corrected chi connectivity index (χ2v) is 7.65. The van der Waals surface area contributed by atoms with E-state index in [1.807, 2.05) is 0 Å². The summed E-state index contributed by atoms with van der Waals surface area (Å²) in [6, 6.07) is 0. The second-order valence-electron chi connectivity index (χ2n) is 7.65. The predicted octanol–water partition coefficient (Wildman–Crippen LogP) is 4.33. The lowest BCUT2D eigenvalue weighted by molar-refractivity contribution is -0.293. The molecule has 0 aromatic carbocycles. The molecule has 134 valence electrons. The summed E-state index contributed by atoms with van der Waals surface area (Å²) >= 11 is 0. The molecule has 0 atom stereocenters. The highest BCUT2D eigenvalue weighted by Gasteiger charge is 2.26. The molecular weight excluding hydrogens is 280 g/mol. The van der Waals surface area contributed by atoms with Crippen molar-refractivity contribution in [2.75, 3.05) is 26.4 Å². The van der Waals surface area contributed by atoms with Crippen molar-refractivity contribution in [3.63, 3.8) is 0 Å². The van der Waals surface area contributed by atoms with Gasteiger partial charge in [0.2, 0.25) is 12.6 Å². The van der Waals surface area contributed by atoms with Gasteiger partial charge in [0.15, 0.2) is 0 Å². The maximum Gasteiger partial charge on any atom is 0.209 e. The zero-order valence-electron chi connectivity index (χ0n) is 15.9. The van der Waals surface area contributed by atoms with E-state index in [-0.39, 0.29) is 0 Å². The van der Waals surface area contributed by atoms with Crippen LogP contribution in [0.5, 0.6) is 0 Å². The Kier molecular flexibility index (Phi) is 12.2. The van der Waals surface area contributed by atoms with Gasteiger partial charge in [-0.2, -0.15) is 0 Å². The van der Waals surface area contributed by atoms with Gasteiger partial charge in [0, 0.05) is 0 Å². The van der Waals surface area contributed by atoms with Crippen LogP contribution in [0.3, 0.4) is 0 Å². The summed E-state index contributed by atoms with van der Waals surface area (Å²) in [7, 11) is 0. The highest BCUT2D eigenvalue weighted by atomic mass is 16.8. The summed E-state index contributed by atoms with van der Waals surface area (Å²) in [5, 5.41) is 0. The average Bonchev–Trinajstić information content (AvgIpc) is 2.38. The molecule has 0 aliphatic carbocycles. The fourth-order valence-corrected chi connectivity index (χ4v) is 1.56. The number of hydrogen-bond acceptors (Lipinski definition) is 4. The molecule has 0 aliphatic rings. The quantitative estimate of drug-likeness (QED) is 0.474. The average molecular weight is 318 g/mol. The fourth-order valence-electron chi connectivity index (χ4n) is 1.56. The molecule has 0 fully saturated rings. The third-order valence-corrected chi connectivity index (χ3v) is 2.60. The highest BCUT2D eigenvalue weighted by Crippen LogP contribution is 2.14. The molecule has 0 amide bonds. The van der Waals surface area contributed by atoms with Gasteiger partial charge in [0.05, 0.1) is 26.4 Å². The van der Waals surface area contributed by atoms with Crippen molar-refractivity contribution in [3.05, 3.63) is 0 Å². The molecule has 4 heteroatoms. The van der Waals surface area contributed by atoms with Gasteiger partial charge in [0.25, 0.3) is 0 Å². The van der Waals surface area contributed by atoms with E-state index >= 15 is 0 Å². The Bertz CT molecular complexity index is 201. The smallest absolute Gasteiger partial charge is 0.209 e. The molecule has 0 saturated heterocycles. The Labute approximate surface area is 137 Å². The minimum absolute atomic E-state index is 0.445. The SMILES string of the molecule is CC(C)COC(OCC(C)C)C(OCC(C)C)OCC(C)C. The van der Waals surface area contributed by atoms with Crippen LogP contribution in [-0.4, -0.2) is 39.0 Å². The molecule has 0 unspecified atom stereocenters. The first-order valence-electron chi connectivity index (χ1n) is 8.68. The van der Waals surface area contributed by atoms with Gasteiger partial charge in [-0.05, 0) is 23.7 Å². The van der Waals surface area contributed by atoms with E-state index in [0.717, 1.165) is 0 Å². The van der Waals surface area contributed by atoms with E-state index < -0.39 is 12.6 Å². The monoisotopic (exact) mass is 318 g/mol. The number of ether oxygens (including phenoxy) is 4. The number of hydrogen-bond donors (Lipinski definition) is 0. The van der Waals surface area contributed by atoms with Crippen molar-refractivity contribution in [1.29, 1.82) is 0 Å². The van der Waals surface area contributed by atoms with E-state index in [0.29, 0.717) is 50.1 Å². The van der Waals surface area contributed by atoms with Gasteiger partial charge in [-0.25, -0.2) is 0 Å². The van der Waals surface area contributed by atoms with Crippen LogP contribution >= 0.6 is 0 Å². The third kappa shape index (κ3) is 12.4. The van der Waals surface area contributed by atoms with Crippen molar-refractivity contribution in [3.8, 4) is 0 Å². The Morgan fingerprint density at radius 1 is 0.409 bits per heavy atom. The molecule has 0 radical (unpaired) electrons. The van der Waals surface area contributed by atoms with Gasteiger partial charge in [-0.1, -0.05) is 55.4 Å². The van der Waals surface area contributed by atoms with E-state index in [1.165, 1.54) is 0 Å². The first-order chi connectivity index (χ1) is 10.2. The molecular formula is C18H38O4. The summed E-state index contributed by atoms with van der Waals surface area (Å²) < 4.78 is 23.6. The molecule has 0 aromatic heterocycles. The first-order valence-corrected chi connectivity index (χ1v) is 8.68. The Balaban J connectivity index is 4.70. The van der Waals surface area contributed by atoms with Crippen molar-refractivity contribution in [1.82, 2.24) is 0 Å². The third-order valence-electron chi connectivity index (χ3n) is 2.60. The highest BCUT2D eigenvalue weighted by molar-refractivity contribution is 4.57. The minimum Gasteiger partial charge on any atom is -0.348 e. The van der Waals surface area contributed by atoms with E-state index in [9.17, 15) is 0 Å². The fraction of sp³-hybridized carbons (Fsp3) is 1.00. The molecule has 0 N–H and O–H groups in total. The van der Waals surface area contributed by atoms with Gasteiger partial charge < -0.3 is 18.9 Å². The van der Waals surface area contributed by atoms with Crippen LogP contribution in [-0.2, 0) is 18.9 Å². The lowest BCUT2D eigenvalue weighted by Crippen LogP contribution is -2.39. The van der Waals surface area contributed by atoms with Gasteiger partial charge in [-0.15, -0.1) is 0 Å². The van der Waals surface area contributed by atoms with E-state index in [1.54, 1.807) is 0 Å². The topological polar surface area (TPSA) is 36.9 Å². The van der Waals surface area contributed by atoms with Crippen molar-refractivity contribution < 1.29 is 18.9 Å². The van der Waals surface area contributed by atoms with Crippen LogP contribution in [0.1, 0.15) is 55.4 Å². The predicted molar refractivity (Wildman–Crippen MR) is 90.7 cm³/mol. The minimum atomic E-state index is -0.470. The van der Waals surface area contributed by atoms with Crippen molar-refractivity contribution in [2.45, 2.75) is 68.0 Å². The zero-order valence-corrected chi connectivity index (χ0v) is 15.9. The largest absolute Gasteiger partial charge is 0.348 e. The van der Waals surface area contributed by atoms with Gasteiger partial charge in [0.1, 0.15) is 0 Å². The zero-order chi connectivity index (χ0) is 17.1. The summed E-state index contributed by atoms with van der Waals surface area (Å²) in [5.74, 6) is 1.78. The maximum absolute atomic E-state index is 5.91. The Morgan fingerprint density at radius 2 is 0.591 bits per heavy atom. The molecule has 0 heterocycles. The van der Waals surface area contributed by atoms with Crippen LogP contribution in [0, 0.1) is 23.7 Å². The molecule has 0 spiro atoms. The van der Waals surface area contributed by atoms with Crippen LogP contribution in [0.2, 0.25) is 0 Å². The Hall–Kier alpha value is -0.160. The van der Waals surface area contributed by atoms with Gasteiger partial charge in [-0.3, -0.25) is 0 Å². The number of rotatable bonds is 13. The van der Waals surface area contributed by atoms with Gasteiger partial charge >= 0.3 is 0 Å². The first kappa shape index (κ1) is 21.8. The van der Waals surface area contributed by atoms with Crippen molar-refractivity contribution in [2.24, 2.45) is 23.7 Å². The second kappa shape index (κ2) is 12.3. The standard InChI is InChI=1S/C18H38O4/c1-13(2)9-19-17(20-10-14(3)4)18(21-11-15(5)6)22-12-16(7)8/h13-18H,9-12H2,1-8H3. The summed E-state index contributed by atoms with van der Waals surface area (Å²) in [5.41, 5.74) is 0. The van der Waals surface area contributed by atoms with Crippen LogP contribution in [0.15, 0.2) is 0 Å². The Morgan fingerprint density at radius 3 is 0.727 bits per heavy atom. The normalized spacial score (nSPS) is 12.8. The van der Waals surface area contributed by atoms with E-state index in [4.69, 9.17) is 18.9 Å². The summed E-state index contributed by atoms with van der Waals surface area (Å²) in [4.78, 5) is 0. The molecule has 0 aromatic rings. The maximum atomic E-state index is 5.91. The summed E-state index contributed by atoms with van der Waals surface area (Å²) in [6.07, 6.45) is -0.940. The van der Waals surface area contributed by atoms with Crippen LogP contribution < -0.4 is 0 Å². The van der Waals surface area contributed by atoms with Crippen LogP contribution in [0.4, 0.5) is 0 Å². The molecule has 4 nitrogen and oxygen atoms in total. The lowest BCUT2D eigenvalue weighted by Gasteiger charge is -2.29. The molecule has 0 bridgehead atoms. The summed E-state index contributed by atoms with van der Waals surface area (Å²) in [6.45, 7) is 19.5. The molecule has 0 aliphatic heterocycles. The molecule has 22 heavy (non-hydrogen) atoms. The lowest BCUT2D eigenvalue weighted by atomic mass is 10.2. The molecule has 0 saturated carbocycles. The van der Waals surface area contributed by atoms with Crippen LogP contribution in [0.25, 0.3) is 0 Å². The van der Waals surface area contributed by atoms with E-state index in [2.05, 4.69) is 55.4 Å².